The molecule has 0 radical (unpaired) electrons. The number of carbonyl (C=O) groups excluding carboxylic acids is 2. The number of benzene rings is 1. The van der Waals surface area contributed by atoms with E-state index in [1.807, 2.05) is 18.2 Å². The van der Waals surface area contributed by atoms with Crippen LogP contribution in [0.3, 0.4) is 0 Å². The van der Waals surface area contributed by atoms with Crippen molar-refractivity contribution >= 4 is 11.8 Å². The molecule has 0 unspecified atom stereocenters. The summed E-state index contributed by atoms with van der Waals surface area (Å²) in [6.07, 6.45) is 3.28. The van der Waals surface area contributed by atoms with Crippen LogP contribution in [0, 0.1) is 0 Å². The largest absolute Gasteiger partial charge is 0.454 e. The summed E-state index contributed by atoms with van der Waals surface area (Å²) in [4.78, 5) is 29.8. The molecule has 158 valence electrons. The molecule has 9 heteroatoms. The van der Waals surface area contributed by atoms with E-state index < -0.39 is 11.8 Å². The molecule has 2 aliphatic rings. The van der Waals surface area contributed by atoms with E-state index in [-0.39, 0.29) is 19.4 Å². The van der Waals surface area contributed by atoms with E-state index in [0.717, 1.165) is 24.2 Å². The van der Waals surface area contributed by atoms with E-state index >= 15 is 0 Å². The van der Waals surface area contributed by atoms with Gasteiger partial charge in [0.25, 0.3) is 0 Å². The van der Waals surface area contributed by atoms with Gasteiger partial charge in [-0.3, -0.25) is 14.6 Å². The minimum atomic E-state index is -0.659. The lowest BCUT2D eigenvalue weighted by molar-refractivity contribution is -0.937. The molecule has 0 aliphatic carbocycles. The van der Waals surface area contributed by atoms with Crippen molar-refractivity contribution in [1.82, 2.24) is 15.6 Å². The molecule has 9 nitrogen and oxygen atoms in total. The molecule has 1 atom stereocenters. The maximum Gasteiger partial charge on any atom is 0.309 e. The second-order valence-corrected chi connectivity index (χ2v) is 7.18. The van der Waals surface area contributed by atoms with Gasteiger partial charge in [-0.2, -0.15) is 0 Å². The lowest BCUT2D eigenvalue weighted by Crippen LogP contribution is -3.15. The van der Waals surface area contributed by atoms with Gasteiger partial charge in [0.2, 0.25) is 6.79 Å². The Morgan fingerprint density at radius 1 is 1.00 bits per heavy atom. The number of nitrogens with zero attached hydrogens (tertiary/aromatic N) is 1. The zero-order chi connectivity index (χ0) is 20.8. The van der Waals surface area contributed by atoms with Crippen molar-refractivity contribution in [3.05, 3.63) is 53.9 Å². The number of hydrogen-bond donors (Lipinski definition) is 3. The average molecular weight is 413 g/mol. The standard InChI is InChI=1S/C21H24N4O5/c26-20(23-12-15-3-5-22-6-4-15)21(27)24-13-17(25-7-9-28-10-8-25)16-1-2-18-19(11-16)30-14-29-18/h1-6,11,17H,7-10,12-14H2,(H,23,26)(H,24,27)/p+1/t17-/m0/s1. The third-order valence-electron chi connectivity index (χ3n) is 5.30. The van der Waals surface area contributed by atoms with Gasteiger partial charge in [-0.15, -0.1) is 0 Å². The van der Waals surface area contributed by atoms with Gasteiger partial charge >= 0.3 is 11.8 Å². The molecule has 2 aliphatic heterocycles. The monoisotopic (exact) mass is 413 g/mol. The highest BCUT2D eigenvalue weighted by Gasteiger charge is 2.29. The van der Waals surface area contributed by atoms with Crippen molar-refractivity contribution in [2.75, 3.05) is 39.6 Å². The second-order valence-electron chi connectivity index (χ2n) is 7.18. The molecule has 0 saturated carbocycles. The van der Waals surface area contributed by atoms with Gasteiger partial charge in [0.15, 0.2) is 11.5 Å². The van der Waals surface area contributed by atoms with Crippen LogP contribution in [-0.2, 0) is 20.9 Å². The number of nitrogens with one attached hydrogen (secondary N) is 3. The van der Waals surface area contributed by atoms with Crippen LogP contribution < -0.4 is 25.0 Å². The summed E-state index contributed by atoms with van der Waals surface area (Å²) in [5.74, 6) is 0.108. The van der Waals surface area contributed by atoms with Gasteiger partial charge < -0.3 is 29.7 Å². The van der Waals surface area contributed by atoms with Gasteiger partial charge in [-0.25, -0.2) is 0 Å². The molecule has 0 spiro atoms. The van der Waals surface area contributed by atoms with Crippen molar-refractivity contribution < 1.29 is 28.7 Å². The van der Waals surface area contributed by atoms with Crippen molar-refractivity contribution in [1.29, 1.82) is 0 Å². The molecular weight excluding hydrogens is 388 g/mol. The summed E-state index contributed by atoms with van der Waals surface area (Å²) in [6, 6.07) is 9.36. The zero-order valence-corrected chi connectivity index (χ0v) is 16.6. The number of fused-ring (bicyclic) bond motifs is 1. The maximum atomic E-state index is 12.4. The molecule has 3 N–H and O–H groups in total. The van der Waals surface area contributed by atoms with E-state index in [0.29, 0.717) is 31.3 Å². The van der Waals surface area contributed by atoms with Crippen LogP contribution in [0.2, 0.25) is 0 Å². The van der Waals surface area contributed by atoms with E-state index in [4.69, 9.17) is 14.2 Å². The van der Waals surface area contributed by atoms with E-state index in [9.17, 15) is 9.59 Å². The lowest BCUT2D eigenvalue weighted by atomic mass is 10.0. The number of pyridine rings is 1. The lowest BCUT2D eigenvalue weighted by Gasteiger charge is -2.32. The molecule has 1 saturated heterocycles. The van der Waals surface area contributed by atoms with Crippen LogP contribution >= 0.6 is 0 Å². The molecule has 3 heterocycles. The summed E-state index contributed by atoms with van der Waals surface area (Å²) in [5.41, 5.74) is 1.90. The molecule has 2 amide bonds. The Labute approximate surface area is 174 Å². The SMILES string of the molecule is O=C(NCc1ccncc1)C(=O)NC[C@@H](c1ccc2c(c1)OCO2)[NH+]1CCOCC1. The summed E-state index contributed by atoms with van der Waals surface area (Å²) < 4.78 is 16.4. The predicted molar refractivity (Wildman–Crippen MR) is 106 cm³/mol. The molecule has 4 rings (SSSR count). The molecule has 0 bridgehead atoms. The van der Waals surface area contributed by atoms with Crippen LogP contribution in [0.5, 0.6) is 11.5 Å². The van der Waals surface area contributed by atoms with Crippen LogP contribution in [0.4, 0.5) is 0 Å². The number of carbonyl (C=O) groups is 2. The minimum Gasteiger partial charge on any atom is -0.454 e. The fourth-order valence-electron chi connectivity index (χ4n) is 3.65. The Hall–Kier alpha value is -3.17. The van der Waals surface area contributed by atoms with Gasteiger partial charge in [0.05, 0.1) is 19.8 Å². The summed E-state index contributed by atoms with van der Waals surface area (Å²) in [6.45, 7) is 3.79. The van der Waals surface area contributed by atoms with Crippen molar-refractivity contribution in [3.8, 4) is 11.5 Å². The van der Waals surface area contributed by atoms with E-state index in [2.05, 4.69) is 15.6 Å². The Kier molecular flexibility index (Phi) is 6.41. The van der Waals surface area contributed by atoms with Gasteiger partial charge in [-0.1, -0.05) is 0 Å². The first-order chi connectivity index (χ1) is 14.7. The van der Waals surface area contributed by atoms with E-state index in [1.54, 1.807) is 24.5 Å². The van der Waals surface area contributed by atoms with Crippen LogP contribution in [0.25, 0.3) is 0 Å². The quantitative estimate of drug-likeness (QED) is 0.536. The highest BCUT2D eigenvalue weighted by molar-refractivity contribution is 6.35. The highest BCUT2D eigenvalue weighted by Crippen LogP contribution is 2.33. The number of amides is 2. The number of rotatable bonds is 6. The maximum absolute atomic E-state index is 12.4. The fraction of sp³-hybridized carbons (Fsp3) is 0.381. The molecule has 1 fully saturated rings. The van der Waals surface area contributed by atoms with Gasteiger partial charge in [0, 0.05) is 24.5 Å². The summed E-state index contributed by atoms with van der Waals surface area (Å²) in [7, 11) is 0. The fourth-order valence-corrected chi connectivity index (χ4v) is 3.65. The zero-order valence-electron chi connectivity index (χ0n) is 16.6. The Morgan fingerprint density at radius 3 is 2.53 bits per heavy atom. The first-order valence-corrected chi connectivity index (χ1v) is 9.97. The normalized spacial score (nSPS) is 16.7. The van der Waals surface area contributed by atoms with E-state index in [1.165, 1.54) is 4.90 Å². The molecule has 30 heavy (non-hydrogen) atoms. The molecule has 2 aromatic rings. The number of quaternary nitrogens is 1. The summed E-state index contributed by atoms with van der Waals surface area (Å²) >= 11 is 0. The average Bonchev–Trinajstić information content (AvgIpc) is 3.27. The van der Waals surface area contributed by atoms with Gasteiger partial charge in [0.1, 0.15) is 19.1 Å². The Morgan fingerprint density at radius 2 is 1.73 bits per heavy atom. The third-order valence-corrected chi connectivity index (χ3v) is 5.30. The third kappa shape index (κ3) is 4.87. The summed E-state index contributed by atoms with van der Waals surface area (Å²) in [5, 5.41) is 5.42. The Bertz CT molecular complexity index is 886. The number of aromatic nitrogens is 1. The van der Waals surface area contributed by atoms with Crippen LogP contribution in [0.15, 0.2) is 42.7 Å². The van der Waals surface area contributed by atoms with Gasteiger partial charge in [-0.05, 0) is 35.9 Å². The predicted octanol–water partition coefficient (Wildman–Crippen LogP) is -0.801. The number of ether oxygens (including phenoxy) is 3. The van der Waals surface area contributed by atoms with Crippen molar-refractivity contribution in [2.24, 2.45) is 0 Å². The topological polar surface area (TPSA) is 103 Å². The van der Waals surface area contributed by atoms with Crippen molar-refractivity contribution in [2.45, 2.75) is 12.6 Å². The highest BCUT2D eigenvalue weighted by atomic mass is 16.7. The Balaban J connectivity index is 1.39. The smallest absolute Gasteiger partial charge is 0.309 e. The molecule has 1 aromatic carbocycles. The van der Waals surface area contributed by atoms with Crippen LogP contribution in [-0.4, -0.2) is 56.4 Å². The van der Waals surface area contributed by atoms with Crippen molar-refractivity contribution in [3.63, 3.8) is 0 Å². The first kappa shape index (κ1) is 20.1. The molecule has 1 aromatic heterocycles. The first-order valence-electron chi connectivity index (χ1n) is 9.97. The second kappa shape index (κ2) is 9.55. The number of hydrogen-bond acceptors (Lipinski definition) is 6. The minimum absolute atomic E-state index is 0.0275. The molecular formula is C21H25N4O5+. The number of morpholine rings is 1. The van der Waals surface area contributed by atoms with Crippen LogP contribution in [0.1, 0.15) is 17.2 Å².